The van der Waals surface area contributed by atoms with Crippen molar-refractivity contribution < 1.29 is 9.59 Å². The average Bonchev–Trinajstić information content (AvgIpc) is 3.42. The van der Waals surface area contributed by atoms with E-state index in [9.17, 15) is 9.59 Å². The lowest BCUT2D eigenvalue weighted by Crippen LogP contribution is -2.41. The Bertz CT molecular complexity index is 988. The molecular weight excluding hydrogens is 412 g/mol. The van der Waals surface area contributed by atoms with Crippen molar-refractivity contribution in [2.45, 2.75) is 32.2 Å². The van der Waals surface area contributed by atoms with Gasteiger partial charge in [0, 0.05) is 36.5 Å². The summed E-state index contributed by atoms with van der Waals surface area (Å²) in [7, 11) is 2.12. The van der Waals surface area contributed by atoms with Crippen LogP contribution in [-0.4, -0.2) is 49.9 Å². The van der Waals surface area contributed by atoms with Crippen molar-refractivity contribution in [3.63, 3.8) is 0 Å². The standard InChI is InChI=1S/C24H29ClN4O2/c1-16-19(25)6-5-7-20(16)27-24(31)23(30)26-15-22(29-11-3-4-12-29)17-8-9-21-18(14-17)10-13-28(21)2/h5-9,14,22H,3-4,10-13,15H2,1-2H3,(H,26,30)(H,27,31)/t22-/m1/s1. The Morgan fingerprint density at radius 1 is 1.10 bits per heavy atom. The number of halogens is 1. The first kappa shape index (κ1) is 21.7. The van der Waals surface area contributed by atoms with Crippen molar-refractivity contribution in [2.24, 2.45) is 0 Å². The summed E-state index contributed by atoms with van der Waals surface area (Å²) in [6, 6.07) is 11.9. The second kappa shape index (κ2) is 9.28. The number of fused-ring (bicyclic) bond motifs is 1. The van der Waals surface area contributed by atoms with Gasteiger partial charge in [0.1, 0.15) is 0 Å². The number of rotatable bonds is 5. The van der Waals surface area contributed by atoms with Crippen LogP contribution in [0.2, 0.25) is 5.02 Å². The third kappa shape index (κ3) is 4.70. The van der Waals surface area contributed by atoms with Crippen LogP contribution >= 0.6 is 11.6 Å². The molecule has 2 amide bonds. The van der Waals surface area contributed by atoms with Crippen molar-refractivity contribution in [3.05, 3.63) is 58.1 Å². The highest BCUT2D eigenvalue weighted by atomic mass is 35.5. The van der Waals surface area contributed by atoms with E-state index in [1.807, 2.05) is 6.92 Å². The summed E-state index contributed by atoms with van der Waals surface area (Å²) in [6.07, 6.45) is 3.36. The molecule has 2 heterocycles. The molecule has 0 spiro atoms. The van der Waals surface area contributed by atoms with Crippen molar-refractivity contribution in [2.75, 3.05) is 43.4 Å². The van der Waals surface area contributed by atoms with Gasteiger partial charge in [-0.15, -0.1) is 0 Å². The van der Waals surface area contributed by atoms with Gasteiger partial charge in [-0.3, -0.25) is 14.5 Å². The van der Waals surface area contributed by atoms with E-state index in [1.54, 1.807) is 18.2 Å². The van der Waals surface area contributed by atoms with Crippen LogP contribution in [0.15, 0.2) is 36.4 Å². The normalized spacial score (nSPS) is 16.8. The molecule has 4 rings (SSSR count). The van der Waals surface area contributed by atoms with Crippen molar-refractivity contribution in [1.82, 2.24) is 10.2 Å². The zero-order valence-corrected chi connectivity index (χ0v) is 18.8. The fourth-order valence-corrected chi connectivity index (χ4v) is 4.67. The molecule has 0 saturated carbocycles. The number of benzene rings is 2. The quantitative estimate of drug-likeness (QED) is 0.698. The molecule has 1 saturated heterocycles. The smallest absolute Gasteiger partial charge is 0.313 e. The van der Waals surface area contributed by atoms with Crippen LogP contribution in [0, 0.1) is 6.92 Å². The van der Waals surface area contributed by atoms with E-state index in [0.29, 0.717) is 17.3 Å². The zero-order valence-electron chi connectivity index (χ0n) is 18.1. The molecule has 0 aromatic heterocycles. The number of nitrogens with one attached hydrogen (secondary N) is 2. The number of nitrogens with zero attached hydrogens (tertiary/aromatic N) is 2. The van der Waals surface area contributed by atoms with Gasteiger partial charge in [-0.1, -0.05) is 29.8 Å². The summed E-state index contributed by atoms with van der Waals surface area (Å²) in [6.45, 7) is 5.25. The minimum absolute atomic E-state index is 0.0587. The molecule has 2 aromatic rings. The first-order valence-corrected chi connectivity index (χ1v) is 11.2. The summed E-state index contributed by atoms with van der Waals surface area (Å²) >= 11 is 6.11. The molecule has 2 aliphatic heterocycles. The molecule has 1 fully saturated rings. The predicted molar refractivity (Wildman–Crippen MR) is 125 cm³/mol. The fraction of sp³-hybridized carbons (Fsp3) is 0.417. The van der Waals surface area contributed by atoms with E-state index in [4.69, 9.17) is 11.6 Å². The number of amides is 2. The van der Waals surface area contributed by atoms with Crippen LogP contribution in [0.25, 0.3) is 0 Å². The number of likely N-dealkylation sites (N-methyl/N-ethyl adjacent to an activating group) is 1. The lowest BCUT2D eigenvalue weighted by molar-refractivity contribution is -0.136. The van der Waals surface area contributed by atoms with Crippen LogP contribution in [0.4, 0.5) is 11.4 Å². The zero-order chi connectivity index (χ0) is 22.0. The highest BCUT2D eigenvalue weighted by molar-refractivity contribution is 6.40. The van der Waals surface area contributed by atoms with Gasteiger partial charge in [0.2, 0.25) is 0 Å². The van der Waals surface area contributed by atoms with Crippen molar-refractivity contribution >= 4 is 34.8 Å². The summed E-state index contributed by atoms with van der Waals surface area (Å²) < 4.78 is 0. The molecule has 164 valence electrons. The first-order valence-electron chi connectivity index (χ1n) is 10.9. The van der Waals surface area contributed by atoms with Crippen molar-refractivity contribution in [1.29, 1.82) is 0 Å². The predicted octanol–water partition coefficient (Wildman–Crippen LogP) is 3.53. The van der Waals surface area contributed by atoms with Gasteiger partial charge in [-0.2, -0.15) is 0 Å². The first-order chi connectivity index (χ1) is 14.9. The second-order valence-corrected chi connectivity index (χ2v) is 8.80. The van der Waals surface area contributed by atoms with Gasteiger partial charge in [-0.05, 0) is 74.2 Å². The fourth-order valence-electron chi connectivity index (χ4n) is 4.50. The van der Waals surface area contributed by atoms with Crippen LogP contribution in [-0.2, 0) is 16.0 Å². The number of carbonyl (C=O) groups is 2. The SMILES string of the molecule is Cc1c(Cl)cccc1NC(=O)C(=O)NC[C@H](c1ccc2c(c1)CCN2C)N1CCCC1. The van der Waals surface area contributed by atoms with Crippen LogP contribution in [0.3, 0.4) is 0 Å². The van der Waals surface area contributed by atoms with Gasteiger partial charge >= 0.3 is 11.8 Å². The number of hydrogen-bond donors (Lipinski definition) is 2. The monoisotopic (exact) mass is 440 g/mol. The molecule has 1 atom stereocenters. The van der Waals surface area contributed by atoms with E-state index in [-0.39, 0.29) is 6.04 Å². The molecule has 0 aliphatic carbocycles. The Hall–Kier alpha value is -2.57. The molecular formula is C24H29ClN4O2. The molecule has 0 radical (unpaired) electrons. The summed E-state index contributed by atoms with van der Waals surface area (Å²) in [4.78, 5) is 29.7. The summed E-state index contributed by atoms with van der Waals surface area (Å²) in [5, 5.41) is 6.07. The third-order valence-corrected chi connectivity index (χ3v) is 6.79. The lowest BCUT2D eigenvalue weighted by atomic mass is 10.0. The third-order valence-electron chi connectivity index (χ3n) is 6.38. The van der Waals surface area contributed by atoms with Crippen molar-refractivity contribution in [3.8, 4) is 0 Å². The highest BCUT2D eigenvalue weighted by Crippen LogP contribution is 2.32. The Morgan fingerprint density at radius 3 is 2.65 bits per heavy atom. The number of anilines is 2. The Morgan fingerprint density at radius 2 is 1.87 bits per heavy atom. The molecule has 0 bridgehead atoms. The molecule has 0 unspecified atom stereocenters. The van der Waals surface area contributed by atoms with Gasteiger partial charge in [-0.25, -0.2) is 0 Å². The van der Waals surface area contributed by atoms with Gasteiger partial charge in [0.15, 0.2) is 0 Å². The van der Waals surface area contributed by atoms with Crippen LogP contribution < -0.4 is 15.5 Å². The molecule has 6 nitrogen and oxygen atoms in total. The lowest BCUT2D eigenvalue weighted by Gasteiger charge is -2.28. The van der Waals surface area contributed by atoms with E-state index in [2.05, 4.69) is 45.7 Å². The van der Waals surface area contributed by atoms with Crippen LogP contribution in [0.5, 0.6) is 0 Å². The average molecular weight is 441 g/mol. The summed E-state index contributed by atoms with van der Waals surface area (Å²) in [5.41, 5.74) is 5.12. The van der Waals surface area contributed by atoms with E-state index in [1.165, 1.54) is 16.8 Å². The molecule has 7 heteroatoms. The summed E-state index contributed by atoms with van der Waals surface area (Å²) in [5.74, 6) is -1.31. The van der Waals surface area contributed by atoms with Gasteiger partial charge < -0.3 is 15.5 Å². The largest absolute Gasteiger partial charge is 0.374 e. The Labute approximate surface area is 188 Å². The highest BCUT2D eigenvalue weighted by Gasteiger charge is 2.27. The maximum atomic E-state index is 12.5. The maximum absolute atomic E-state index is 12.5. The topological polar surface area (TPSA) is 64.7 Å². The van der Waals surface area contributed by atoms with E-state index >= 15 is 0 Å². The number of carbonyl (C=O) groups excluding carboxylic acids is 2. The molecule has 2 aliphatic rings. The van der Waals surface area contributed by atoms with Gasteiger partial charge in [0.05, 0.1) is 6.04 Å². The Balaban J connectivity index is 1.45. The minimum atomic E-state index is -0.680. The van der Waals surface area contributed by atoms with E-state index < -0.39 is 11.8 Å². The maximum Gasteiger partial charge on any atom is 0.313 e. The van der Waals surface area contributed by atoms with Crippen LogP contribution in [0.1, 0.15) is 35.6 Å². The second-order valence-electron chi connectivity index (χ2n) is 8.40. The van der Waals surface area contributed by atoms with Gasteiger partial charge in [0.25, 0.3) is 0 Å². The molecule has 2 N–H and O–H groups in total. The molecule has 2 aromatic carbocycles. The number of hydrogen-bond acceptors (Lipinski definition) is 4. The van der Waals surface area contributed by atoms with E-state index in [0.717, 1.165) is 44.5 Å². The number of likely N-dealkylation sites (tertiary alicyclic amines) is 1. The molecule has 31 heavy (non-hydrogen) atoms. The minimum Gasteiger partial charge on any atom is -0.374 e. The Kier molecular flexibility index (Phi) is 6.49.